The summed E-state index contributed by atoms with van der Waals surface area (Å²) in [6, 6.07) is 7.37. The van der Waals surface area contributed by atoms with E-state index in [1.165, 1.54) is 42.6 Å². The molecule has 112 valence electrons. The summed E-state index contributed by atoms with van der Waals surface area (Å²) in [6.45, 7) is 13.7. The molecule has 0 saturated carbocycles. The fraction of sp³-hybridized carbons (Fsp3) is 0.667. The Labute approximate surface area is 124 Å². The number of hydrogen-bond acceptors (Lipinski definition) is 2. The van der Waals surface area contributed by atoms with Crippen LogP contribution in [0.15, 0.2) is 18.2 Å². The number of benzene rings is 1. The van der Waals surface area contributed by atoms with E-state index in [4.69, 9.17) is 0 Å². The molecule has 2 heteroatoms. The molecule has 2 nitrogen and oxygen atoms in total. The Bertz CT molecular complexity index is 407. The first-order valence-electron chi connectivity index (χ1n) is 8.16. The van der Waals surface area contributed by atoms with Crippen LogP contribution in [0.1, 0.15) is 43.4 Å². The summed E-state index contributed by atoms with van der Waals surface area (Å²) in [7, 11) is 0. The van der Waals surface area contributed by atoms with Crippen LogP contribution >= 0.6 is 0 Å². The Morgan fingerprint density at radius 3 is 2.50 bits per heavy atom. The number of hydrogen-bond donors (Lipinski definition) is 1. The average molecular weight is 274 g/mol. The Morgan fingerprint density at radius 1 is 1.20 bits per heavy atom. The number of likely N-dealkylation sites (tertiary alicyclic amines) is 1. The minimum Gasteiger partial charge on any atom is -0.314 e. The van der Waals surface area contributed by atoms with Crippen LogP contribution in [0.3, 0.4) is 0 Å². The van der Waals surface area contributed by atoms with Crippen LogP contribution in [0.2, 0.25) is 0 Å². The van der Waals surface area contributed by atoms with Gasteiger partial charge in [0.15, 0.2) is 0 Å². The first-order chi connectivity index (χ1) is 9.65. The van der Waals surface area contributed by atoms with Crippen molar-refractivity contribution in [3.63, 3.8) is 0 Å². The van der Waals surface area contributed by atoms with Gasteiger partial charge in [-0.3, -0.25) is 4.90 Å². The summed E-state index contributed by atoms with van der Waals surface area (Å²) in [5.41, 5.74) is 4.41. The van der Waals surface area contributed by atoms with Crippen LogP contribution in [-0.4, -0.2) is 30.6 Å². The Hall–Kier alpha value is -0.860. The monoisotopic (exact) mass is 274 g/mol. The number of piperidine rings is 1. The zero-order valence-corrected chi connectivity index (χ0v) is 13.6. The third-order valence-corrected chi connectivity index (χ3v) is 4.83. The van der Waals surface area contributed by atoms with E-state index in [9.17, 15) is 0 Å². The molecule has 1 aliphatic heterocycles. The normalized spacial score (nSPS) is 24.0. The highest BCUT2D eigenvalue weighted by atomic mass is 15.1. The van der Waals surface area contributed by atoms with Crippen molar-refractivity contribution in [1.82, 2.24) is 10.2 Å². The summed E-state index contributed by atoms with van der Waals surface area (Å²) >= 11 is 0. The van der Waals surface area contributed by atoms with Crippen LogP contribution in [-0.2, 0) is 6.54 Å². The Balaban J connectivity index is 2.01. The van der Waals surface area contributed by atoms with Crippen LogP contribution in [0, 0.1) is 19.8 Å². The molecule has 1 fully saturated rings. The second-order valence-electron chi connectivity index (χ2n) is 6.23. The van der Waals surface area contributed by atoms with Gasteiger partial charge in [-0.15, -0.1) is 0 Å². The molecule has 2 atom stereocenters. The smallest absolute Gasteiger partial charge is 0.0239 e. The molecule has 20 heavy (non-hydrogen) atoms. The molecule has 2 unspecified atom stereocenters. The predicted octanol–water partition coefficient (Wildman–Crippen LogP) is 3.51. The van der Waals surface area contributed by atoms with E-state index in [0.717, 1.165) is 25.0 Å². The number of aryl methyl sites for hydroxylation is 2. The summed E-state index contributed by atoms with van der Waals surface area (Å²) in [6.07, 6.45) is 2.57. The number of rotatable bonds is 5. The molecule has 1 heterocycles. The zero-order chi connectivity index (χ0) is 14.5. The van der Waals surface area contributed by atoms with Crippen molar-refractivity contribution in [2.45, 2.75) is 53.1 Å². The molecule has 1 N–H and O–H groups in total. The van der Waals surface area contributed by atoms with Crippen molar-refractivity contribution in [1.29, 1.82) is 0 Å². The minimum absolute atomic E-state index is 0.721. The molecule has 1 aliphatic rings. The van der Waals surface area contributed by atoms with E-state index in [0.29, 0.717) is 0 Å². The van der Waals surface area contributed by atoms with E-state index >= 15 is 0 Å². The highest BCUT2D eigenvalue weighted by Crippen LogP contribution is 2.23. The maximum Gasteiger partial charge on any atom is 0.0239 e. The van der Waals surface area contributed by atoms with E-state index in [-0.39, 0.29) is 0 Å². The maximum atomic E-state index is 3.67. The lowest BCUT2D eigenvalue weighted by Crippen LogP contribution is -2.48. The highest BCUT2D eigenvalue weighted by molar-refractivity contribution is 5.33. The average Bonchev–Trinajstić information content (AvgIpc) is 2.44. The Kier molecular flexibility index (Phi) is 5.62. The number of nitrogens with zero attached hydrogens (tertiary/aromatic N) is 1. The van der Waals surface area contributed by atoms with Crippen LogP contribution in [0.4, 0.5) is 0 Å². The lowest BCUT2D eigenvalue weighted by molar-refractivity contribution is 0.129. The van der Waals surface area contributed by atoms with Gasteiger partial charge in [-0.1, -0.05) is 38.5 Å². The molecule has 0 aromatic heterocycles. The minimum atomic E-state index is 0.721. The van der Waals surface area contributed by atoms with Gasteiger partial charge in [0.05, 0.1) is 0 Å². The fourth-order valence-corrected chi connectivity index (χ4v) is 3.52. The second-order valence-corrected chi connectivity index (χ2v) is 6.23. The second kappa shape index (κ2) is 7.24. The first kappa shape index (κ1) is 15.5. The van der Waals surface area contributed by atoms with Gasteiger partial charge < -0.3 is 5.32 Å². The largest absolute Gasteiger partial charge is 0.314 e. The van der Waals surface area contributed by atoms with Gasteiger partial charge in [0, 0.05) is 19.1 Å². The molecule has 1 aromatic carbocycles. The molecule has 0 radical (unpaired) electrons. The quantitative estimate of drug-likeness (QED) is 0.884. The van der Waals surface area contributed by atoms with Crippen molar-refractivity contribution in [2.24, 2.45) is 5.92 Å². The molecular weight excluding hydrogens is 244 g/mol. The topological polar surface area (TPSA) is 15.3 Å². The van der Waals surface area contributed by atoms with Crippen molar-refractivity contribution in [3.05, 3.63) is 34.9 Å². The van der Waals surface area contributed by atoms with Crippen molar-refractivity contribution in [3.8, 4) is 0 Å². The van der Waals surface area contributed by atoms with E-state index < -0.39 is 0 Å². The molecular formula is C18H30N2. The maximum absolute atomic E-state index is 3.67. The van der Waals surface area contributed by atoms with Crippen molar-refractivity contribution in [2.75, 3.05) is 19.6 Å². The lowest BCUT2D eigenvalue weighted by Gasteiger charge is -2.39. The SMILES string of the molecule is CCNC1CCN(Cc2c(C)cccc2C)CC1CC. The highest BCUT2D eigenvalue weighted by Gasteiger charge is 2.27. The van der Waals surface area contributed by atoms with Gasteiger partial charge >= 0.3 is 0 Å². The van der Waals surface area contributed by atoms with Gasteiger partial charge in [0.25, 0.3) is 0 Å². The third kappa shape index (κ3) is 3.62. The van der Waals surface area contributed by atoms with Gasteiger partial charge in [-0.2, -0.15) is 0 Å². The lowest BCUT2D eigenvalue weighted by atomic mass is 9.89. The van der Waals surface area contributed by atoms with Crippen molar-refractivity contribution < 1.29 is 0 Å². The van der Waals surface area contributed by atoms with Gasteiger partial charge in [0.1, 0.15) is 0 Å². The summed E-state index contributed by atoms with van der Waals surface area (Å²) in [5, 5.41) is 3.67. The fourth-order valence-electron chi connectivity index (χ4n) is 3.52. The summed E-state index contributed by atoms with van der Waals surface area (Å²) < 4.78 is 0. The molecule has 1 aromatic rings. The van der Waals surface area contributed by atoms with E-state index in [2.05, 4.69) is 56.1 Å². The first-order valence-corrected chi connectivity index (χ1v) is 8.16. The summed E-state index contributed by atoms with van der Waals surface area (Å²) in [5.74, 6) is 0.799. The van der Waals surface area contributed by atoms with Gasteiger partial charge in [-0.25, -0.2) is 0 Å². The molecule has 0 amide bonds. The third-order valence-electron chi connectivity index (χ3n) is 4.83. The predicted molar refractivity (Wildman–Crippen MR) is 87.1 cm³/mol. The van der Waals surface area contributed by atoms with Crippen LogP contribution in [0.5, 0.6) is 0 Å². The van der Waals surface area contributed by atoms with Gasteiger partial charge in [0.2, 0.25) is 0 Å². The van der Waals surface area contributed by atoms with Crippen LogP contribution in [0.25, 0.3) is 0 Å². The molecule has 0 aliphatic carbocycles. The Morgan fingerprint density at radius 2 is 1.90 bits per heavy atom. The molecule has 0 bridgehead atoms. The van der Waals surface area contributed by atoms with E-state index in [1.807, 2.05) is 0 Å². The zero-order valence-electron chi connectivity index (χ0n) is 13.6. The molecule has 2 rings (SSSR count). The van der Waals surface area contributed by atoms with E-state index in [1.54, 1.807) is 0 Å². The van der Waals surface area contributed by atoms with Gasteiger partial charge in [-0.05, 0) is 56.0 Å². The van der Waals surface area contributed by atoms with Crippen molar-refractivity contribution >= 4 is 0 Å². The molecule has 1 saturated heterocycles. The number of nitrogens with one attached hydrogen (secondary N) is 1. The van der Waals surface area contributed by atoms with Crippen LogP contribution < -0.4 is 5.32 Å². The standard InChI is InChI=1S/C18H30N2/c1-5-16-12-20(11-10-18(16)19-6-2)13-17-14(3)8-7-9-15(17)4/h7-9,16,18-19H,5-6,10-13H2,1-4H3. The molecule has 0 spiro atoms. The summed E-state index contributed by atoms with van der Waals surface area (Å²) in [4.78, 5) is 2.65.